The molecule has 7 nitrogen and oxygen atoms in total. The molecule has 2 unspecified atom stereocenters. The number of methoxy groups -OCH3 is 2. The lowest BCUT2D eigenvalue weighted by atomic mass is 10.1. The molecular formula is C13H28N2O5S. The molecule has 1 fully saturated rings. The minimum absolute atomic E-state index is 0.143. The van der Waals surface area contributed by atoms with Crippen LogP contribution < -0.4 is 0 Å². The first-order chi connectivity index (χ1) is 9.98. The van der Waals surface area contributed by atoms with E-state index in [1.54, 1.807) is 14.2 Å². The van der Waals surface area contributed by atoms with Crippen molar-refractivity contribution in [3.8, 4) is 0 Å². The molecule has 0 aliphatic carbocycles. The van der Waals surface area contributed by atoms with Gasteiger partial charge in [0.15, 0.2) is 0 Å². The van der Waals surface area contributed by atoms with Crippen molar-refractivity contribution in [2.24, 2.45) is 0 Å². The topological polar surface area (TPSA) is 79.3 Å². The van der Waals surface area contributed by atoms with E-state index in [1.807, 2.05) is 6.92 Å². The van der Waals surface area contributed by atoms with Crippen LogP contribution in [0.1, 0.15) is 26.2 Å². The van der Waals surface area contributed by atoms with Crippen LogP contribution in [0, 0.1) is 0 Å². The van der Waals surface area contributed by atoms with Gasteiger partial charge in [-0.15, -0.1) is 0 Å². The molecule has 2 atom stereocenters. The van der Waals surface area contributed by atoms with E-state index in [1.165, 1.54) is 8.61 Å². The van der Waals surface area contributed by atoms with Crippen molar-refractivity contribution in [1.82, 2.24) is 8.61 Å². The molecule has 8 heteroatoms. The molecule has 0 aromatic carbocycles. The second-order valence-corrected chi connectivity index (χ2v) is 7.19. The summed E-state index contributed by atoms with van der Waals surface area (Å²) in [6, 6.07) is -0.611. The zero-order valence-corrected chi connectivity index (χ0v) is 14.0. The van der Waals surface area contributed by atoms with Gasteiger partial charge in [0.05, 0.1) is 19.8 Å². The Morgan fingerprint density at radius 1 is 1.33 bits per heavy atom. The van der Waals surface area contributed by atoms with Crippen LogP contribution in [0.5, 0.6) is 0 Å². The van der Waals surface area contributed by atoms with Crippen LogP contribution in [0.2, 0.25) is 0 Å². The second kappa shape index (κ2) is 9.02. The smallest absolute Gasteiger partial charge is 0.282 e. The molecule has 0 spiro atoms. The largest absolute Gasteiger partial charge is 0.395 e. The second-order valence-electron chi connectivity index (χ2n) is 5.36. The first-order valence-electron chi connectivity index (χ1n) is 7.36. The van der Waals surface area contributed by atoms with Gasteiger partial charge >= 0.3 is 0 Å². The quantitative estimate of drug-likeness (QED) is 0.649. The average Bonchev–Trinajstić information content (AvgIpc) is 2.47. The van der Waals surface area contributed by atoms with E-state index in [2.05, 4.69) is 0 Å². The first-order valence-corrected chi connectivity index (χ1v) is 8.76. The third kappa shape index (κ3) is 4.87. The number of ether oxygens (including phenoxy) is 2. The summed E-state index contributed by atoms with van der Waals surface area (Å²) >= 11 is 0. The van der Waals surface area contributed by atoms with Crippen LogP contribution in [-0.2, 0) is 19.7 Å². The van der Waals surface area contributed by atoms with Gasteiger partial charge in [0, 0.05) is 39.4 Å². The highest BCUT2D eigenvalue weighted by Gasteiger charge is 2.38. The number of rotatable bonds is 9. The van der Waals surface area contributed by atoms with Crippen LogP contribution in [0.4, 0.5) is 0 Å². The molecule has 1 aliphatic rings. The van der Waals surface area contributed by atoms with E-state index in [9.17, 15) is 13.5 Å². The number of nitrogens with zero attached hydrogens (tertiary/aromatic N) is 2. The summed E-state index contributed by atoms with van der Waals surface area (Å²) in [5.41, 5.74) is 0. The molecule has 126 valence electrons. The lowest BCUT2D eigenvalue weighted by molar-refractivity contribution is 0.104. The third-order valence-corrected chi connectivity index (χ3v) is 6.00. The van der Waals surface area contributed by atoms with Gasteiger partial charge in [0.2, 0.25) is 0 Å². The maximum absolute atomic E-state index is 12.9. The Kier molecular flexibility index (Phi) is 8.07. The van der Waals surface area contributed by atoms with Crippen molar-refractivity contribution >= 4 is 10.2 Å². The zero-order chi connectivity index (χ0) is 15.9. The Labute approximate surface area is 128 Å². The van der Waals surface area contributed by atoms with Gasteiger partial charge in [0.25, 0.3) is 10.2 Å². The van der Waals surface area contributed by atoms with Crippen LogP contribution in [0.3, 0.4) is 0 Å². The summed E-state index contributed by atoms with van der Waals surface area (Å²) in [4.78, 5) is 0. The fourth-order valence-electron chi connectivity index (χ4n) is 2.66. The van der Waals surface area contributed by atoms with Gasteiger partial charge in [-0.05, 0) is 19.8 Å². The summed E-state index contributed by atoms with van der Waals surface area (Å²) in [6.45, 7) is 3.05. The Balaban J connectivity index is 2.95. The van der Waals surface area contributed by atoms with Crippen molar-refractivity contribution in [3.05, 3.63) is 0 Å². The molecule has 0 amide bonds. The van der Waals surface area contributed by atoms with Crippen molar-refractivity contribution in [1.29, 1.82) is 0 Å². The fraction of sp³-hybridized carbons (Fsp3) is 1.00. The molecule has 0 aromatic rings. The molecule has 0 radical (unpaired) electrons. The highest BCUT2D eigenvalue weighted by molar-refractivity contribution is 7.86. The van der Waals surface area contributed by atoms with E-state index >= 15 is 0 Å². The molecule has 1 rings (SSSR count). The zero-order valence-electron chi connectivity index (χ0n) is 13.2. The van der Waals surface area contributed by atoms with Gasteiger partial charge in [-0.3, -0.25) is 0 Å². The summed E-state index contributed by atoms with van der Waals surface area (Å²) < 4.78 is 38.8. The Morgan fingerprint density at radius 3 is 2.62 bits per heavy atom. The molecule has 0 bridgehead atoms. The lowest BCUT2D eigenvalue weighted by Crippen LogP contribution is -2.55. The van der Waals surface area contributed by atoms with Gasteiger partial charge < -0.3 is 14.6 Å². The average molecular weight is 324 g/mol. The summed E-state index contributed by atoms with van der Waals surface area (Å²) in [6.07, 6.45) is 2.47. The van der Waals surface area contributed by atoms with Gasteiger partial charge in [-0.1, -0.05) is 6.42 Å². The van der Waals surface area contributed by atoms with Crippen LogP contribution in [0.15, 0.2) is 0 Å². The van der Waals surface area contributed by atoms with Crippen molar-refractivity contribution in [3.63, 3.8) is 0 Å². The third-order valence-electron chi connectivity index (χ3n) is 3.79. The highest BCUT2D eigenvalue weighted by Crippen LogP contribution is 2.23. The predicted octanol–water partition coefficient (Wildman–Crippen LogP) is 0.0613. The van der Waals surface area contributed by atoms with E-state index in [0.29, 0.717) is 26.2 Å². The van der Waals surface area contributed by atoms with Crippen LogP contribution in [-0.4, -0.2) is 81.3 Å². The van der Waals surface area contributed by atoms with Crippen molar-refractivity contribution in [2.45, 2.75) is 38.3 Å². The highest BCUT2D eigenvalue weighted by atomic mass is 32.2. The van der Waals surface area contributed by atoms with Crippen molar-refractivity contribution < 1.29 is 23.0 Å². The van der Waals surface area contributed by atoms with E-state index < -0.39 is 10.2 Å². The van der Waals surface area contributed by atoms with E-state index in [4.69, 9.17) is 9.47 Å². The molecule has 21 heavy (non-hydrogen) atoms. The maximum atomic E-state index is 12.9. The Morgan fingerprint density at radius 2 is 2.05 bits per heavy atom. The SMILES string of the molecule is COCCN(C(C)COC)S(=O)(=O)N1CCCCC1CO. The van der Waals surface area contributed by atoms with Gasteiger partial charge in [0.1, 0.15) is 0 Å². The number of aliphatic hydroxyl groups excluding tert-OH is 1. The summed E-state index contributed by atoms with van der Waals surface area (Å²) in [5.74, 6) is 0. The molecule has 1 heterocycles. The monoisotopic (exact) mass is 324 g/mol. The lowest BCUT2D eigenvalue weighted by Gasteiger charge is -2.39. The normalized spacial score (nSPS) is 22.6. The number of aliphatic hydroxyl groups is 1. The van der Waals surface area contributed by atoms with Gasteiger partial charge in [-0.2, -0.15) is 17.0 Å². The minimum atomic E-state index is -3.63. The Hall–Kier alpha value is -0.250. The predicted molar refractivity (Wildman–Crippen MR) is 80.3 cm³/mol. The van der Waals surface area contributed by atoms with E-state index in [0.717, 1.165) is 12.8 Å². The molecule has 1 aliphatic heterocycles. The molecule has 1 N–H and O–H groups in total. The standard InChI is InChI=1S/C13H28N2O5S/c1-12(11-20-3)14(8-9-19-2)21(17,18)15-7-5-4-6-13(15)10-16/h12-13,16H,4-11H2,1-3H3. The maximum Gasteiger partial charge on any atom is 0.282 e. The number of hydrogen-bond acceptors (Lipinski definition) is 5. The molecule has 1 saturated heterocycles. The van der Waals surface area contributed by atoms with Gasteiger partial charge in [-0.25, -0.2) is 0 Å². The minimum Gasteiger partial charge on any atom is -0.395 e. The molecule has 0 aromatic heterocycles. The Bertz CT molecular complexity index is 390. The van der Waals surface area contributed by atoms with Crippen molar-refractivity contribution in [2.75, 3.05) is 47.1 Å². The molecule has 0 saturated carbocycles. The first kappa shape index (κ1) is 18.8. The number of piperidine rings is 1. The van der Waals surface area contributed by atoms with Crippen LogP contribution in [0.25, 0.3) is 0 Å². The fourth-order valence-corrected chi connectivity index (χ4v) is 4.66. The number of hydrogen-bond donors (Lipinski definition) is 1. The van der Waals surface area contributed by atoms with E-state index in [-0.39, 0.29) is 25.2 Å². The summed E-state index contributed by atoms with van der Waals surface area (Å²) in [7, 11) is -0.537. The van der Waals surface area contributed by atoms with Crippen LogP contribution >= 0.6 is 0 Å². The molecular weight excluding hydrogens is 296 g/mol. The summed E-state index contributed by atoms with van der Waals surface area (Å²) in [5, 5.41) is 9.45.